The topological polar surface area (TPSA) is 75.3 Å². The van der Waals surface area contributed by atoms with Gasteiger partial charge < -0.3 is 5.32 Å². The largest absolute Gasteiger partial charge is 0.351 e. The Bertz CT molecular complexity index is 517. The molecule has 100 valence electrons. The number of carbonyl (C=O) groups excluding carboxylic acids is 1. The van der Waals surface area contributed by atoms with Gasteiger partial charge in [-0.05, 0) is 35.0 Å². The van der Waals surface area contributed by atoms with Crippen LogP contribution in [0.25, 0.3) is 0 Å². The van der Waals surface area contributed by atoms with Crippen LogP contribution in [-0.4, -0.2) is 33.2 Å². The van der Waals surface area contributed by atoms with Crippen LogP contribution in [0.3, 0.4) is 0 Å². The van der Waals surface area contributed by atoms with E-state index in [0.717, 1.165) is 0 Å². The molecule has 0 bridgehead atoms. The van der Waals surface area contributed by atoms with E-state index in [-0.39, 0.29) is 24.7 Å². The lowest BCUT2D eigenvalue weighted by molar-refractivity contribution is 0.0953. The zero-order valence-corrected chi connectivity index (χ0v) is 12.3. The molecule has 1 aromatic carbocycles. The third kappa shape index (κ3) is 4.75. The van der Waals surface area contributed by atoms with E-state index >= 15 is 0 Å². The van der Waals surface area contributed by atoms with Gasteiger partial charge in [0.25, 0.3) is 5.91 Å². The molecular weight excluding hydrogens is 320 g/mol. The maximum Gasteiger partial charge on any atom is 0.252 e. The van der Waals surface area contributed by atoms with Crippen LogP contribution in [0.1, 0.15) is 17.3 Å². The first-order chi connectivity index (χ1) is 8.46. The number of amides is 1. The van der Waals surface area contributed by atoms with Crippen LogP contribution < -0.4 is 10.0 Å². The Morgan fingerprint density at radius 1 is 1.28 bits per heavy atom. The van der Waals surface area contributed by atoms with E-state index in [1.54, 1.807) is 25.1 Å². The molecule has 1 aromatic rings. The second-order valence-electron chi connectivity index (χ2n) is 3.53. The van der Waals surface area contributed by atoms with Gasteiger partial charge in [-0.2, -0.15) is 0 Å². The summed E-state index contributed by atoms with van der Waals surface area (Å²) in [6.07, 6.45) is 0. The highest BCUT2D eigenvalue weighted by Crippen LogP contribution is 2.15. The summed E-state index contributed by atoms with van der Waals surface area (Å²) < 4.78 is 25.4. The fraction of sp³-hybridized carbons (Fsp3) is 0.364. The molecule has 0 aliphatic rings. The summed E-state index contributed by atoms with van der Waals surface area (Å²) in [4.78, 5) is 11.7. The van der Waals surface area contributed by atoms with Gasteiger partial charge >= 0.3 is 0 Å². The van der Waals surface area contributed by atoms with Crippen molar-refractivity contribution in [2.24, 2.45) is 0 Å². The smallest absolute Gasteiger partial charge is 0.252 e. The summed E-state index contributed by atoms with van der Waals surface area (Å²) >= 11 is 3.28. The zero-order chi connectivity index (χ0) is 13.6. The molecule has 0 unspecified atom stereocenters. The second-order valence-corrected chi connectivity index (χ2v) is 6.48. The highest BCUT2D eigenvalue weighted by molar-refractivity contribution is 9.10. The molecule has 1 rings (SSSR count). The van der Waals surface area contributed by atoms with Gasteiger partial charge in [0.15, 0.2) is 0 Å². The van der Waals surface area contributed by atoms with Crippen LogP contribution in [0.4, 0.5) is 0 Å². The Hall–Kier alpha value is -0.920. The average Bonchev–Trinajstić information content (AvgIpc) is 2.35. The number of halogens is 1. The third-order valence-electron chi connectivity index (χ3n) is 2.23. The van der Waals surface area contributed by atoms with Gasteiger partial charge in [0.2, 0.25) is 10.0 Å². The van der Waals surface area contributed by atoms with Gasteiger partial charge in [-0.3, -0.25) is 4.79 Å². The highest BCUT2D eigenvalue weighted by Gasteiger charge is 2.09. The summed E-state index contributed by atoms with van der Waals surface area (Å²) in [5.41, 5.74) is 0.524. The number of hydrogen-bond acceptors (Lipinski definition) is 3. The molecule has 0 aliphatic carbocycles. The number of benzene rings is 1. The van der Waals surface area contributed by atoms with Crippen molar-refractivity contribution in [3.05, 3.63) is 34.3 Å². The molecule has 0 saturated heterocycles. The Labute approximate surface area is 115 Å². The second kappa shape index (κ2) is 6.86. The molecule has 1 amide bonds. The average molecular weight is 335 g/mol. The van der Waals surface area contributed by atoms with Crippen molar-refractivity contribution in [2.75, 3.05) is 18.8 Å². The summed E-state index contributed by atoms with van der Waals surface area (Å²) in [5, 5.41) is 2.64. The third-order valence-corrected chi connectivity index (χ3v) is 4.33. The molecule has 0 aromatic heterocycles. The Kier molecular flexibility index (Phi) is 5.77. The SMILES string of the molecule is CCS(=O)(=O)NCCNC(=O)c1ccccc1Br. The molecule has 18 heavy (non-hydrogen) atoms. The number of rotatable bonds is 6. The van der Waals surface area contributed by atoms with Crippen LogP contribution in [0.5, 0.6) is 0 Å². The summed E-state index contributed by atoms with van der Waals surface area (Å²) in [5.74, 6) is -0.205. The van der Waals surface area contributed by atoms with E-state index in [4.69, 9.17) is 0 Å². The summed E-state index contributed by atoms with van der Waals surface area (Å²) in [7, 11) is -3.20. The summed E-state index contributed by atoms with van der Waals surface area (Å²) in [6, 6.07) is 7.04. The zero-order valence-electron chi connectivity index (χ0n) is 9.94. The first-order valence-electron chi connectivity index (χ1n) is 5.46. The van der Waals surface area contributed by atoms with E-state index in [1.807, 2.05) is 6.07 Å². The maximum atomic E-state index is 11.7. The lowest BCUT2D eigenvalue weighted by Crippen LogP contribution is -2.35. The monoisotopic (exact) mass is 334 g/mol. The molecule has 2 N–H and O–H groups in total. The van der Waals surface area contributed by atoms with Crippen molar-refractivity contribution in [2.45, 2.75) is 6.92 Å². The molecular formula is C11H15BrN2O3S. The minimum atomic E-state index is -3.20. The summed E-state index contributed by atoms with van der Waals surface area (Å²) in [6.45, 7) is 1.99. The van der Waals surface area contributed by atoms with Crippen LogP contribution in [0.15, 0.2) is 28.7 Å². The van der Waals surface area contributed by atoms with Gasteiger partial charge in [-0.15, -0.1) is 0 Å². The van der Waals surface area contributed by atoms with E-state index < -0.39 is 10.0 Å². The van der Waals surface area contributed by atoms with Gasteiger partial charge in [0, 0.05) is 17.6 Å². The molecule has 5 nitrogen and oxygen atoms in total. The lowest BCUT2D eigenvalue weighted by atomic mass is 10.2. The van der Waals surface area contributed by atoms with Gasteiger partial charge in [0.1, 0.15) is 0 Å². The van der Waals surface area contributed by atoms with Gasteiger partial charge in [-0.1, -0.05) is 12.1 Å². The first-order valence-corrected chi connectivity index (χ1v) is 7.91. The minimum absolute atomic E-state index is 0.0329. The van der Waals surface area contributed by atoms with Crippen LogP contribution >= 0.6 is 15.9 Å². The predicted molar refractivity (Wildman–Crippen MR) is 73.9 cm³/mol. The molecule has 0 spiro atoms. The standard InChI is InChI=1S/C11H15BrN2O3S/c1-2-18(16,17)14-8-7-13-11(15)9-5-3-4-6-10(9)12/h3-6,14H,2,7-8H2,1H3,(H,13,15). The molecule has 0 aliphatic heterocycles. The van der Waals surface area contributed by atoms with E-state index in [9.17, 15) is 13.2 Å². The first kappa shape index (κ1) is 15.1. The van der Waals surface area contributed by atoms with E-state index in [2.05, 4.69) is 26.0 Å². The Morgan fingerprint density at radius 2 is 1.94 bits per heavy atom. The highest BCUT2D eigenvalue weighted by atomic mass is 79.9. The quantitative estimate of drug-likeness (QED) is 0.765. The van der Waals surface area contributed by atoms with Crippen LogP contribution in [-0.2, 0) is 10.0 Å². The van der Waals surface area contributed by atoms with Crippen LogP contribution in [0, 0.1) is 0 Å². The van der Waals surface area contributed by atoms with Crippen molar-refractivity contribution in [1.29, 1.82) is 0 Å². The Balaban J connectivity index is 2.42. The molecule has 0 fully saturated rings. The number of carbonyl (C=O) groups is 1. The number of nitrogens with one attached hydrogen (secondary N) is 2. The van der Waals surface area contributed by atoms with Gasteiger partial charge in [-0.25, -0.2) is 13.1 Å². The molecule has 0 saturated carbocycles. The van der Waals surface area contributed by atoms with E-state index in [1.165, 1.54) is 0 Å². The molecule has 0 atom stereocenters. The predicted octanol–water partition coefficient (Wildman–Crippen LogP) is 1.12. The van der Waals surface area contributed by atoms with E-state index in [0.29, 0.717) is 10.0 Å². The van der Waals surface area contributed by atoms with Crippen molar-refractivity contribution < 1.29 is 13.2 Å². The van der Waals surface area contributed by atoms with Gasteiger partial charge in [0.05, 0.1) is 11.3 Å². The van der Waals surface area contributed by atoms with Crippen LogP contribution in [0.2, 0.25) is 0 Å². The number of hydrogen-bond donors (Lipinski definition) is 2. The molecule has 0 radical (unpaired) electrons. The number of sulfonamides is 1. The maximum absolute atomic E-state index is 11.7. The fourth-order valence-corrected chi connectivity index (χ4v) is 2.31. The molecule has 7 heteroatoms. The van der Waals surface area contributed by atoms with Crippen molar-refractivity contribution in [3.63, 3.8) is 0 Å². The fourth-order valence-electron chi connectivity index (χ4n) is 1.23. The normalized spacial score (nSPS) is 11.2. The molecule has 0 heterocycles. The lowest BCUT2D eigenvalue weighted by Gasteiger charge is -2.07. The minimum Gasteiger partial charge on any atom is -0.351 e. The van der Waals surface area contributed by atoms with Crippen molar-refractivity contribution >= 4 is 31.9 Å². The Morgan fingerprint density at radius 3 is 2.56 bits per heavy atom. The van der Waals surface area contributed by atoms with Crippen molar-refractivity contribution in [1.82, 2.24) is 10.0 Å². The van der Waals surface area contributed by atoms with Crippen molar-refractivity contribution in [3.8, 4) is 0 Å².